The van der Waals surface area contributed by atoms with E-state index in [2.05, 4.69) is 26.1 Å². The number of benzene rings is 1. The zero-order chi connectivity index (χ0) is 19.1. The number of carbonyl (C=O) groups is 2. The predicted octanol–water partition coefficient (Wildman–Crippen LogP) is 2.96. The summed E-state index contributed by atoms with van der Waals surface area (Å²) < 4.78 is 19.6. The number of amides is 2. The van der Waals surface area contributed by atoms with Gasteiger partial charge in [-0.25, -0.2) is 4.39 Å². The number of carbonyl (C=O) groups excluding carboxylic acids is 2. The van der Waals surface area contributed by atoms with Crippen molar-refractivity contribution in [2.45, 2.75) is 6.92 Å². The van der Waals surface area contributed by atoms with Gasteiger partial charge in [0.1, 0.15) is 11.5 Å². The number of aromatic nitrogens is 2. The molecule has 3 aromatic rings. The first kappa shape index (κ1) is 17.7. The van der Waals surface area contributed by atoms with Gasteiger partial charge in [-0.2, -0.15) is 0 Å². The molecule has 0 unspecified atom stereocenters. The molecule has 140 valence electrons. The maximum Gasteiger partial charge on any atom is 0.292 e. The normalized spacial score (nSPS) is 14.8. The zero-order valence-corrected chi connectivity index (χ0v) is 16.0. The molecule has 0 saturated carbocycles. The molecular formula is C18H16BrFN4O3. The minimum absolute atomic E-state index is 0.198. The summed E-state index contributed by atoms with van der Waals surface area (Å²) in [4.78, 5) is 31.4. The number of nitrogens with zero attached hydrogens (tertiary/aromatic N) is 3. The molecule has 1 fully saturated rings. The van der Waals surface area contributed by atoms with Crippen molar-refractivity contribution in [1.82, 2.24) is 19.9 Å². The Bertz CT molecular complexity index is 1040. The van der Waals surface area contributed by atoms with E-state index in [1.807, 2.05) is 0 Å². The number of H-pyrrole nitrogens is 1. The molecule has 2 amide bonds. The fraction of sp³-hybridized carbons (Fsp3) is 0.278. The Morgan fingerprint density at radius 2 is 1.78 bits per heavy atom. The van der Waals surface area contributed by atoms with Crippen molar-refractivity contribution in [3.8, 4) is 0 Å². The van der Waals surface area contributed by atoms with Crippen LogP contribution in [0.15, 0.2) is 33.3 Å². The average molecular weight is 435 g/mol. The summed E-state index contributed by atoms with van der Waals surface area (Å²) in [6.45, 7) is 3.31. The highest BCUT2D eigenvalue weighted by Gasteiger charge is 2.28. The van der Waals surface area contributed by atoms with E-state index >= 15 is 0 Å². The highest BCUT2D eigenvalue weighted by atomic mass is 79.9. The molecule has 1 N–H and O–H groups in total. The topological polar surface area (TPSA) is 82.4 Å². The van der Waals surface area contributed by atoms with Gasteiger partial charge < -0.3 is 19.3 Å². The Morgan fingerprint density at radius 1 is 1.11 bits per heavy atom. The highest BCUT2D eigenvalue weighted by Crippen LogP contribution is 2.24. The number of halogens is 2. The van der Waals surface area contributed by atoms with E-state index < -0.39 is 5.82 Å². The van der Waals surface area contributed by atoms with Crippen LogP contribution >= 0.6 is 15.9 Å². The predicted molar refractivity (Wildman–Crippen MR) is 99.0 cm³/mol. The quantitative estimate of drug-likeness (QED) is 0.671. The number of rotatable bonds is 2. The van der Waals surface area contributed by atoms with Gasteiger partial charge >= 0.3 is 0 Å². The third-order valence-corrected chi connectivity index (χ3v) is 5.03. The first-order chi connectivity index (χ1) is 12.9. The second kappa shape index (κ2) is 6.80. The maximum atomic E-state index is 14.0. The standard InChI is InChI=1S/C18H16BrFN4O3/c1-10-6-16(27-22-10)18(26)24-4-2-23(3-5-24)17(25)15-9-12-13(20)7-11(19)8-14(12)21-15/h6-9,21H,2-5H2,1H3. The van der Waals surface area contributed by atoms with E-state index in [1.165, 1.54) is 12.1 Å². The lowest BCUT2D eigenvalue weighted by Gasteiger charge is -2.34. The molecule has 1 saturated heterocycles. The van der Waals surface area contributed by atoms with Crippen LogP contribution in [-0.2, 0) is 0 Å². The second-order valence-electron chi connectivity index (χ2n) is 6.45. The van der Waals surface area contributed by atoms with Crippen molar-refractivity contribution < 1.29 is 18.5 Å². The van der Waals surface area contributed by atoms with Gasteiger partial charge in [0.05, 0.1) is 11.2 Å². The van der Waals surface area contributed by atoms with Crippen molar-refractivity contribution in [2.75, 3.05) is 26.2 Å². The van der Waals surface area contributed by atoms with E-state index in [0.29, 0.717) is 52.9 Å². The second-order valence-corrected chi connectivity index (χ2v) is 7.36. The summed E-state index contributed by atoms with van der Waals surface area (Å²) in [5, 5.41) is 4.10. The van der Waals surface area contributed by atoms with Crippen LogP contribution in [0.5, 0.6) is 0 Å². The smallest absolute Gasteiger partial charge is 0.292 e. The number of hydrogen-bond donors (Lipinski definition) is 1. The van der Waals surface area contributed by atoms with Crippen LogP contribution in [-0.4, -0.2) is 57.9 Å². The molecule has 0 aliphatic carbocycles. The van der Waals surface area contributed by atoms with Crippen LogP contribution in [0.25, 0.3) is 10.9 Å². The highest BCUT2D eigenvalue weighted by molar-refractivity contribution is 9.10. The van der Waals surface area contributed by atoms with Gasteiger partial charge in [0.25, 0.3) is 11.8 Å². The van der Waals surface area contributed by atoms with Crippen LogP contribution in [0, 0.1) is 12.7 Å². The van der Waals surface area contributed by atoms with Crippen LogP contribution in [0.2, 0.25) is 0 Å². The molecule has 2 aromatic heterocycles. The molecule has 0 spiro atoms. The summed E-state index contributed by atoms with van der Waals surface area (Å²) in [6, 6.07) is 6.20. The molecule has 0 radical (unpaired) electrons. The molecule has 4 rings (SSSR count). The Labute approximate surface area is 162 Å². The number of piperazine rings is 1. The molecule has 1 aromatic carbocycles. The first-order valence-electron chi connectivity index (χ1n) is 8.42. The molecule has 27 heavy (non-hydrogen) atoms. The Morgan fingerprint density at radius 3 is 2.41 bits per heavy atom. The Balaban J connectivity index is 1.46. The Kier molecular flexibility index (Phi) is 4.47. The van der Waals surface area contributed by atoms with Crippen molar-refractivity contribution in [3.63, 3.8) is 0 Å². The first-order valence-corrected chi connectivity index (χ1v) is 9.21. The van der Waals surface area contributed by atoms with Gasteiger partial charge in [-0.3, -0.25) is 9.59 Å². The summed E-state index contributed by atoms with van der Waals surface area (Å²) in [6.07, 6.45) is 0. The average Bonchev–Trinajstić information content (AvgIpc) is 3.27. The SMILES string of the molecule is Cc1cc(C(=O)N2CCN(C(=O)c3cc4c(F)cc(Br)cc4[nH]3)CC2)on1. The lowest BCUT2D eigenvalue weighted by atomic mass is 10.2. The van der Waals surface area contributed by atoms with Gasteiger partial charge in [-0.15, -0.1) is 0 Å². The fourth-order valence-corrected chi connectivity index (χ4v) is 3.61. The number of fused-ring (bicyclic) bond motifs is 1. The fourth-order valence-electron chi connectivity index (χ4n) is 3.18. The number of nitrogens with one attached hydrogen (secondary N) is 1. The lowest BCUT2D eigenvalue weighted by molar-refractivity contribution is 0.0510. The summed E-state index contributed by atoms with van der Waals surface area (Å²) in [5.74, 6) is -0.652. The monoisotopic (exact) mass is 434 g/mol. The van der Waals surface area contributed by atoms with Gasteiger partial charge in [-0.05, 0) is 25.1 Å². The summed E-state index contributed by atoms with van der Waals surface area (Å²) >= 11 is 3.24. The van der Waals surface area contributed by atoms with Crippen LogP contribution in [0.4, 0.5) is 4.39 Å². The third-order valence-electron chi connectivity index (χ3n) is 4.58. The molecule has 3 heterocycles. The van der Waals surface area contributed by atoms with Gasteiger partial charge in [0.2, 0.25) is 5.76 Å². The molecule has 9 heteroatoms. The zero-order valence-electron chi connectivity index (χ0n) is 14.5. The lowest BCUT2D eigenvalue weighted by Crippen LogP contribution is -2.50. The van der Waals surface area contributed by atoms with Crippen molar-refractivity contribution in [1.29, 1.82) is 0 Å². The van der Waals surface area contributed by atoms with Crippen LogP contribution in [0.3, 0.4) is 0 Å². The molecule has 7 nitrogen and oxygen atoms in total. The van der Waals surface area contributed by atoms with E-state index in [9.17, 15) is 14.0 Å². The van der Waals surface area contributed by atoms with Gasteiger partial charge in [-0.1, -0.05) is 21.1 Å². The molecule has 1 aliphatic heterocycles. The minimum Gasteiger partial charge on any atom is -0.351 e. The molecule has 0 bridgehead atoms. The van der Waals surface area contributed by atoms with Crippen LogP contribution < -0.4 is 0 Å². The summed E-state index contributed by atoms with van der Waals surface area (Å²) in [7, 11) is 0. The van der Waals surface area contributed by atoms with E-state index in [-0.39, 0.29) is 17.6 Å². The van der Waals surface area contributed by atoms with Gasteiger partial charge in [0.15, 0.2) is 0 Å². The van der Waals surface area contributed by atoms with E-state index in [1.54, 1.807) is 28.9 Å². The third kappa shape index (κ3) is 3.34. The summed E-state index contributed by atoms with van der Waals surface area (Å²) in [5.41, 5.74) is 1.53. The number of hydrogen-bond acceptors (Lipinski definition) is 4. The van der Waals surface area contributed by atoms with Crippen molar-refractivity contribution >= 4 is 38.6 Å². The van der Waals surface area contributed by atoms with Crippen molar-refractivity contribution in [3.05, 3.63) is 51.7 Å². The largest absolute Gasteiger partial charge is 0.351 e. The number of aromatic amines is 1. The number of aryl methyl sites for hydroxylation is 1. The molecule has 1 aliphatic rings. The van der Waals surface area contributed by atoms with E-state index in [4.69, 9.17) is 4.52 Å². The van der Waals surface area contributed by atoms with Crippen molar-refractivity contribution in [2.24, 2.45) is 0 Å². The van der Waals surface area contributed by atoms with E-state index in [0.717, 1.165) is 0 Å². The maximum absolute atomic E-state index is 14.0. The molecular weight excluding hydrogens is 419 g/mol. The van der Waals surface area contributed by atoms with Gasteiger partial charge in [0, 0.05) is 42.1 Å². The van der Waals surface area contributed by atoms with Crippen LogP contribution in [0.1, 0.15) is 26.7 Å². The Hall–Kier alpha value is -2.68. The molecule has 0 atom stereocenters. The minimum atomic E-state index is -0.396.